The first-order valence-corrected chi connectivity index (χ1v) is 11.0. The van der Waals surface area contributed by atoms with Crippen LogP contribution in [0.5, 0.6) is 5.75 Å². The van der Waals surface area contributed by atoms with E-state index in [1.165, 1.54) is 11.3 Å². The fraction of sp³-hybridized carbons (Fsp3) is 0.0769. The van der Waals surface area contributed by atoms with Gasteiger partial charge in [-0.3, -0.25) is 4.79 Å². The Hall–Kier alpha value is -3.90. The number of hydrogen-bond acceptors (Lipinski definition) is 4. The van der Waals surface area contributed by atoms with E-state index in [1.54, 1.807) is 19.2 Å². The van der Waals surface area contributed by atoms with Gasteiger partial charge in [-0.05, 0) is 24.3 Å². The molecule has 1 heterocycles. The van der Waals surface area contributed by atoms with Crippen LogP contribution in [-0.2, 0) is 6.54 Å². The molecule has 160 valence electrons. The van der Waals surface area contributed by atoms with Gasteiger partial charge in [-0.25, -0.2) is 4.99 Å². The largest absolute Gasteiger partial charge is 0.494 e. The molecule has 4 rings (SSSR count). The second-order valence-electron chi connectivity index (χ2n) is 6.93. The molecule has 0 bridgehead atoms. The second-order valence-corrected chi connectivity index (χ2v) is 7.91. The fourth-order valence-corrected chi connectivity index (χ4v) is 4.42. The van der Waals surface area contributed by atoms with Crippen molar-refractivity contribution in [2.45, 2.75) is 6.54 Å². The van der Waals surface area contributed by atoms with E-state index in [-0.39, 0.29) is 5.91 Å². The number of allylic oxidation sites excluding steroid dienone is 1. The van der Waals surface area contributed by atoms with Gasteiger partial charge in [0.05, 0.1) is 12.8 Å². The van der Waals surface area contributed by atoms with Crippen LogP contribution in [0.3, 0.4) is 0 Å². The van der Waals surface area contributed by atoms with Gasteiger partial charge in [0, 0.05) is 17.7 Å². The summed E-state index contributed by atoms with van der Waals surface area (Å²) in [5, 5.41) is 3.81. The Labute approximate surface area is 191 Å². The summed E-state index contributed by atoms with van der Waals surface area (Å²) in [6, 6.07) is 26.7. The number of amides is 1. The molecule has 32 heavy (non-hydrogen) atoms. The smallest absolute Gasteiger partial charge is 0.256 e. The Balaban J connectivity index is 1.90. The summed E-state index contributed by atoms with van der Waals surface area (Å²) in [5.41, 5.74) is 3.18. The Morgan fingerprint density at radius 1 is 1.03 bits per heavy atom. The molecule has 1 aromatic heterocycles. The number of benzene rings is 3. The van der Waals surface area contributed by atoms with Crippen LogP contribution in [0.1, 0.15) is 10.4 Å². The minimum Gasteiger partial charge on any atom is -0.494 e. The number of ether oxygens (including phenoxy) is 1. The monoisotopic (exact) mass is 441 g/mol. The molecule has 0 aliphatic heterocycles. The van der Waals surface area contributed by atoms with Crippen molar-refractivity contribution < 1.29 is 9.53 Å². The summed E-state index contributed by atoms with van der Waals surface area (Å²) in [7, 11) is 1.63. The lowest BCUT2D eigenvalue weighted by atomic mass is 10.1. The summed E-state index contributed by atoms with van der Waals surface area (Å²) in [6.07, 6.45) is 1.82. The van der Waals surface area contributed by atoms with Crippen molar-refractivity contribution in [3.05, 3.63) is 108 Å². The number of anilines is 1. The number of carbonyl (C=O) groups excluding carboxylic acids is 1. The van der Waals surface area contributed by atoms with E-state index in [0.717, 1.165) is 26.7 Å². The number of hydrogen-bond donors (Lipinski definition) is 1. The first kappa shape index (κ1) is 21.3. The lowest BCUT2D eigenvalue weighted by Gasteiger charge is -2.10. The molecule has 6 heteroatoms. The predicted molar refractivity (Wildman–Crippen MR) is 131 cm³/mol. The molecule has 0 aliphatic carbocycles. The lowest BCUT2D eigenvalue weighted by Crippen LogP contribution is -2.15. The highest BCUT2D eigenvalue weighted by atomic mass is 32.1. The van der Waals surface area contributed by atoms with Gasteiger partial charge in [0.25, 0.3) is 5.91 Å². The van der Waals surface area contributed by atoms with Crippen LogP contribution in [-0.4, -0.2) is 17.6 Å². The number of carbonyl (C=O) groups is 1. The summed E-state index contributed by atoms with van der Waals surface area (Å²) in [6.45, 7) is 4.46. The number of methoxy groups -OCH3 is 1. The van der Waals surface area contributed by atoms with Crippen molar-refractivity contribution >= 4 is 27.9 Å². The number of nitrogens with zero attached hydrogens (tertiary/aromatic N) is 2. The first-order chi connectivity index (χ1) is 15.7. The van der Waals surface area contributed by atoms with Crippen LogP contribution in [0, 0.1) is 0 Å². The van der Waals surface area contributed by atoms with E-state index < -0.39 is 0 Å². The molecule has 5 nitrogen and oxygen atoms in total. The Morgan fingerprint density at radius 2 is 1.69 bits per heavy atom. The molecule has 4 aromatic rings. The summed E-state index contributed by atoms with van der Waals surface area (Å²) < 4.78 is 7.53. The van der Waals surface area contributed by atoms with Crippen molar-refractivity contribution in [3.8, 4) is 17.0 Å². The van der Waals surface area contributed by atoms with E-state index >= 15 is 0 Å². The standard InChI is InChI=1S/C26H23N3O2S/c1-3-18-29-23(19-12-6-4-7-13-19)25(28-24(30)20-14-8-5-9-15-20)32-26(29)27-21-16-10-11-17-22(21)31-2/h3-17H,1,18H2,2H3,(H,28,30). The van der Waals surface area contributed by atoms with Crippen molar-refractivity contribution in [1.82, 2.24) is 4.57 Å². The molecule has 0 saturated carbocycles. The maximum absolute atomic E-state index is 13.0. The third-order valence-corrected chi connectivity index (χ3v) is 5.83. The van der Waals surface area contributed by atoms with Crippen molar-refractivity contribution in [3.63, 3.8) is 0 Å². The van der Waals surface area contributed by atoms with Gasteiger partial charge < -0.3 is 14.6 Å². The van der Waals surface area contributed by atoms with Gasteiger partial charge in [0.2, 0.25) is 0 Å². The Morgan fingerprint density at radius 3 is 2.38 bits per heavy atom. The number of para-hydroxylation sites is 2. The maximum Gasteiger partial charge on any atom is 0.256 e. The zero-order valence-corrected chi connectivity index (χ0v) is 18.5. The van der Waals surface area contributed by atoms with Gasteiger partial charge in [-0.15, -0.1) is 6.58 Å². The van der Waals surface area contributed by atoms with E-state index in [0.29, 0.717) is 17.9 Å². The van der Waals surface area contributed by atoms with Crippen molar-refractivity contribution in [2.75, 3.05) is 12.4 Å². The molecule has 0 spiro atoms. The molecule has 0 fully saturated rings. The van der Waals surface area contributed by atoms with Crippen LogP contribution in [0.15, 0.2) is 103 Å². The molecule has 0 saturated heterocycles. The highest BCUT2D eigenvalue weighted by Crippen LogP contribution is 2.33. The highest BCUT2D eigenvalue weighted by molar-refractivity contribution is 7.14. The number of aromatic nitrogens is 1. The van der Waals surface area contributed by atoms with Crippen LogP contribution < -0.4 is 14.9 Å². The van der Waals surface area contributed by atoms with Crippen LogP contribution in [0.4, 0.5) is 10.7 Å². The van der Waals surface area contributed by atoms with Crippen LogP contribution in [0.2, 0.25) is 0 Å². The first-order valence-electron chi connectivity index (χ1n) is 10.2. The van der Waals surface area contributed by atoms with E-state index in [2.05, 4.69) is 16.5 Å². The molecule has 3 aromatic carbocycles. The third kappa shape index (κ3) is 4.55. The SMILES string of the molecule is C=CCn1c(-c2ccccc2)c(NC(=O)c2ccccc2)sc1=Nc1ccccc1OC. The summed E-state index contributed by atoms with van der Waals surface area (Å²) >= 11 is 1.42. The molecular weight excluding hydrogens is 418 g/mol. The molecule has 0 radical (unpaired) electrons. The molecule has 1 amide bonds. The Kier molecular flexibility index (Phi) is 6.63. The van der Waals surface area contributed by atoms with Crippen LogP contribution >= 0.6 is 11.3 Å². The number of thiazole rings is 1. The average Bonchev–Trinajstić information content (AvgIpc) is 3.17. The minimum atomic E-state index is -0.168. The zero-order valence-electron chi connectivity index (χ0n) is 17.7. The van der Waals surface area contributed by atoms with Crippen molar-refractivity contribution in [1.29, 1.82) is 0 Å². The molecule has 0 unspecified atom stereocenters. The molecule has 0 aliphatic rings. The quantitative estimate of drug-likeness (QED) is 0.363. The summed E-state index contributed by atoms with van der Waals surface area (Å²) in [5.74, 6) is 0.515. The Bertz CT molecular complexity index is 1290. The molecular formula is C26H23N3O2S. The lowest BCUT2D eigenvalue weighted by molar-refractivity contribution is 0.102. The van der Waals surface area contributed by atoms with Gasteiger partial charge in [0.1, 0.15) is 16.4 Å². The van der Waals surface area contributed by atoms with Crippen molar-refractivity contribution in [2.24, 2.45) is 4.99 Å². The molecule has 1 N–H and O–H groups in total. The van der Waals surface area contributed by atoms with Gasteiger partial charge in [-0.1, -0.05) is 78.1 Å². The highest BCUT2D eigenvalue weighted by Gasteiger charge is 2.18. The van der Waals surface area contributed by atoms with E-state index in [9.17, 15) is 4.79 Å². The van der Waals surface area contributed by atoms with E-state index in [1.807, 2.05) is 78.9 Å². The van der Waals surface area contributed by atoms with Crippen LogP contribution in [0.25, 0.3) is 11.3 Å². The predicted octanol–water partition coefficient (Wildman–Crippen LogP) is 5.90. The average molecular weight is 442 g/mol. The zero-order chi connectivity index (χ0) is 22.3. The maximum atomic E-state index is 13.0. The number of rotatable bonds is 7. The topological polar surface area (TPSA) is 55.6 Å². The van der Waals surface area contributed by atoms with Gasteiger partial charge in [0.15, 0.2) is 4.80 Å². The van der Waals surface area contributed by atoms with Gasteiger partial charge in [-0.2, -0.15) is 0 Å². The summed E-state index contributed by atoms with van der Waals surface area (Å²) in [4.78, 5) is 18.6. The number of nitrogens with one attached hydrogen (secondary N) is 1. The second kappa shape index (κ2) is 9.94. The van der Waals surface area contributed by atoms with Gasteiger partial charge >= 0.3 is 0 Å². The third-order valence-electron chi connectivity index (χ3n) is 4.83. The fourth-order valence-electron chi connectivity index (χ4n) is 3.35. The minimum absolute atomic E-state index is 0.168. The van der Waals surface area contributed by atoms with E-state index in [4.69, 9.17) is 9.73 Å². The molecule has 0 atom stereocenters. The normalized spacial score (nSPS) is 11.2.